The van der Waals surface area contributed by atoms with E-state index in [1.165, 1.54) is 17.9 Å². The number of nitrogens with one attached hydrogen (secondary N) is 1. The second-order valence-electron chi connectivity index (χ2n) is 5.79. The lowest BCUT2D eigenvalue weighted by Crippen LogP contribution is -2.31. The van der Waals surface area contributed by atoms with Crippen molar-refractivity contribution in [2.24, 2.45) is 0 Å². The van der Waals surface area contributed by atoms with Crippen molar-refractivity contribution in [2.75, 3.05) is 11.9 Å². The molecule has 114 valence electrons. The first kappa shape index (κ1) is 14.4. The minimum atomic E-state index is -0.262. The molecule has 0 spiro atoms. The quantitative estimate of drug-likeness (QED) is 0.947. The van der Waals surface area contributed by atoms with Gasteiger partial charge in [-0.1, -0.05) is 6.07 Å². The number of aromatic nitrogens is 1. The number of carbonyl (C=O) groups is 2. The van der Waals surface area contributed by atoms with Crippen LogP contribution in [0, 0.1) is 0 Å². The highest BCUT2D eigenvalue weighted by Gasteiger charge is 2.25. The Kier molecular flexibility index (Phi) is 3.48. The van der Waals surface area contributed by atoms with Gasteiger partial charge in [-0.2, -0.15) is 0 Å². The number of rotatable bonds is 3. The molecule has 0 unspecified atom stereocenters. The standard InChI is InChI=1S/C17H19N3O2/c1-11(2)19-8-7-14-15(5-4-6-16(14)19)18-13-9-17(22)20(10-13)12(3)21/h4-9,11,18H,10H2,1-3H3. The molecule has 0 saturated carbocycles. The summed E-state index contributed by atoms with van der Waals surface area (Å²) in [6, 6.07) is 8.50. The number of carbonyl (C=O) groups excluding carboxylic acids is 2. The number of hydrogen-bond acceptors (Lipinski definition) is 3. The van der Waals surface area contributed by atoms with Crippen molar-refractivity contribution >= 4 is 28.4 Å². The van der Waals surface area contributed by atoms with Crippen LogP contribution in [-0.2, 0) is 9.59 Å². The summed E-state index contributed by atoms with van der Waals surface area (Å²) in [5, 5.41) is 4.39. The molecule has 0 bridgehead atoms. The van der Waals surface area contributed by atoms with Crippen molar-refractivity contribution in [3.05, 3.63) is 42.2 Å². The Morgan fingerprint density at radius 3 is 2.68 bits per heavy atom. The van der Waals surface area contributed by atoms with Crippen LogP contribution in [0.15, 0.2) is 42.2 Å². The predicted molar refractivity (Wildman–Crippen MR) is 86.4 cm³/mol. The van der Waals surface area contributed by atoms with E-state index in [2.05, 4.69) is 42.1 Å². The average Bonchev–Trinajstić information content (AvgIpc) is 3.03. The minimum absolute atomic E-state index is 0.234. The van der Waals surface area contributed by atoms with Crippen LogP contribution >= 0.6 is 0 Å². The van der Waals surface area contributed by atoms with E-state index in [4.69, 9.17) is 0 Å². The fourth-order valence-electron chi connectivity index (χ4n) is 2.78. The molecule has 0 atom stereocenters. The topological polar surface area (TPSA) is 54.3 Å². The molecule has 0 fully saturated rings. The maximum Gasteiger partial charge on any atom is 0.255 e. The summed E-state index contributed by atoms with van der Waals surface area (Å²) < 4.78 is 2.20. The van der Waals surface area contributed by atoms with Crippen molar-refractivity contribution in [3.63, 3.8) is 0 Å². The van der Waals surface area contributed by atoms with E-state index in [1.807, 2.05) is 12.1 Å². The van der Waals surface area contributed by atoms with Gasteiger partial charge in [0.1, 0.15) is 0 Å². The summed E-state index contributed by atoms with van der Waals surface area (Å²) in [6.45, 7) is 5.98. The minimum Gasteiger partial charge on any atom is -0.357 e. The first-order valence-corrected chi connectivity index (χ1v) is 7.36. The Bertz CT molecular complexity index is 786. The summed E-state index contributed by atoms with van der Waals surface area (Å²) in [4.78, 5) is 24.4. The molecule has 1 aliphatic heterocycles. The number of hydrogen-bond donors (Lipinski definition) is 1. The van der Waals surface area contributed by atoms with Gasteiger partial charge in [-0.05, 0) is 32.0 Å². The molecule has 1 aromatic heterocycles. The van der Waals surface area contributed by atoms with Gasteiger partial charge >= 0.3 is 0 Å². The summed E-state index contributed by atoms with van der Waals surface area (Å²) >= 11 is 0. The molecule has 0 saturated heterocycles. The van der Waals surface area contributed by atoms with Gasteiger partial charge in [-0.15, -0.1) is 0 Å². The molecular weight excluding hydrogens is 278 g/mol. The second kappa shape index (κ2) is 5.33. The third kappa shape index (κ3) is 2.39. The van der Waals surface area contributed by atoms with E-state index in [0.29, 0.717) is 12.6 Å². The number of fused-ring (bicyclic) bond motifs is 1. The van der Waals surface area contributed by atoms with E-state index in [0.717, 1.165) is 22.3 Å². The highest BCUT2D eigenvalue weighted by atomic mass is 16.2. The summed E-state index contributed by atoms with van der Waals surface area (Å²) in [7, 11) is 0. The normalized spacial score (nSPS) is 14.8. The Morgan fingerprint density at radius 1 is 1.27 bits per heavy atom. The summed E-state index contributed by atoms with van der Waals surface area (Å²) in [6.07, 6.45) is 3.55. The molecule has 5 heteroatoms. The van der Waals surface area contributed by atoms with Crippen LogP contribution in [0.4, 0.5) is 5.69 Å². The van der Waals surface area contributed by atoms with E-state index in [1.54, 1.807) is 0 Å². The van der Waals surface area contributed by atoms with Gasteiger partial charge < -0.3 is 9.88 Å². The smallest absolute Gasteiger partial charge is 0.255 e. The van der Waals surface area contributed by atoms with Gasteiger partial charge in [0.2, 0.25) is 5.91 Å². The van der Waals surface area contributed by atoms with E-state index >= 15 is 0 Å². The number of amides is 2. The van der Waals surface area contributed by atoms with Gasteiger partial charge in [-0.3, -0.25) is 14.5 Å². The lowest BCUT2D eigenvalue weighted by molar-refractivity contribution is -0.138. The summed E-state index contributed by atoms with van der Waals surface area (Å²) in [5.41, 5.74) is 2.83. The molecule has 3 rings (SSSR count). The molecule has 5 nitrogen and oxygen atoms in total. The lowest BCUT2D eigenvalue weighted by Gasteiger charge is -2.14. The van der Waals surface area contributed by atoms with Gasteiger partial charge in [0, 0.05) is 42.0 Å². The maximum atomic E-state index is 11.8. The molecule has 1 aromatic carbocycles. The SMILES string of the molecule is CC(=O)N1CC(Nc2cccc3c2ccn3C(C)C)=CC1=O. The van der Waals surface area contributed by atoms with Gasteiger partial charge in [0.25, 0.3) is 5.91 Å². The van der Waals surface area contributed by atoms with E-state index < -0.39 is 0 Å². The van der Waals surface area contributed by atoms with E-state index in [-0.39, 0.29) is 11.8 Å². The predicted octanol–water partition coefficient (Wildman–Crippen LogP) is 2.91. The zero-order chi connectivity index (χ0) is 15.9. The van der Waals surface area contributed by atoms with Crippen LogP contribution in [0.1, 0.15) is 26.8 Å². The first-order valence-electron chi connectivity index (χ1n) is 7.36. The largest absolute Gasteiger partial charge is 0.357 e. The molecule has 0 radical (unpaired) electrons. The lowest BCUT2D eigenvalue weighted by atomic mass is 10.2. The van der Waals surface area contributed by atoms with Crippen molar-refractivity contribution in [3.8, 4) is 0 Å². The zero-order valence-corrected chi connectivity index (χ0v) is 13.0. The Balaban J connectivity index is 1.91. The molecule has 2 aromatic rings. The van der Waals surface area contributed by atoms with Crippen LogP contribution in [-0.4, -0.2) is 27.8 Å². The molecular formula is C17H19N3O2. The van der Waals surface area contributed by atoms with Crippen molar-refractivity contribution < 1.29 is 9.59 Å². The molecule has 0 aliphatic carbocycles. The van der Waals surface area contributed by atoms with Gasteiger partial charge in [0.15, 0.2) is 0 Å². The van der Waals surface area contributed by atoms with Crippen LogP contribution in [0.2, 0.25) is 0 Å². The molecule has 1 N–H and O–H groups in total. The van der Waals surface area contributed by atoms with Crippen molar-refractivity contribution in [2.45, 2.75) is 26.8 Å². The first-order chi connectivity index (χ1) is 10.5. The molecule has 22 heavy (non-hydrogen) atoms. The third-order valence-electron chi connectivity index (χ3n) is 3.89. The van der Waals surface area contributed by atoms with Gasteiger partial charge in [-0.25, -0.2) is 0 Å². The van der Waals surface area contributed by atoms with Crippen LogP contribution < -0.4 is 5.32 Å². The van der Waals surface area contributed by atoms with Crippen molar-refractivity contribution in [1.29, 1.82) is 0 Å². The number of benzene rings is 1. The Labute approximate surface area is 129 Å². The van der Waals surface area contributed by atoms with Crippen molar-refractivity contribution in [1.82, 2.24) is 9.47 Å². The highest BCUT2D eigenvalue weighted by molar-refractivity contribution is 6.04. The Morgan fingerprint density at radius 2 is 2.05 bits per heavy atom. The third-order valence-corrected chi connectivity index (χ3v) is 3.89. The fourth-order valence-corrected chi connectivity index (χ4v) is 2.78. The van der Waals surface area contributed by atoms with Crippen LogP contribution in [0.3, 0.4) is 0 Å². The average molecular weight is 297 g/mol. The molecule has 1 aliphatic rings. The zero-order valence-electron chi connectivity index (χ0n) is 13.0. The van der Waals surface area contributed by atoms with Crippen LogP contribution in [0.25, 0.3) is 10.9 Å². The maximum absolute atomic E-state index is 11.8. The highest BCUT2D eigenvalue weighted by Crippen LogP contribution is 2.28. The van der Waals surface area contributed by atoms with Gasteiger partial charge in [0.05, 0.1) is 12.1 Å². The number of anilines is 1. The second-order valence-corrected chi connectivity index (χ2v) is 5.79. The summed E-state index contributed by atoms with van der Waals surface area (Å²) in [5.74, 6) is -0.496. The fraction of sp³-hybridized carbons (Fsp3) is 0.294. The number of imide groups is 1. The molecule has 2 heterocycles. The van der Waals surface area contributed by atoms with Crippen LogP contribution in [0.5, 0.6) is 0 Å². The molecule has 2 amide bonds. The Hall–Kier alpha value is -2.56. The monoisotopic (exact) mass is 297 g/mol. The number of nitrogens with zero attached hydrogens (tertiary/aromatic N) is 2. The van der Waals surface area contributed by atoms with E-state index in [9.17, 15) is 9.59 Å².